The Morgan fingerprint density at radius 2 is 2.15 bits per heavy atom. The third kappa shape index (κ3) is 1.61. The quantitative estimate of drug-likeness (QED) is 0.631. The molecule has 1 saturated heterocycles. The predicted molar refractivity (Wildman–Crippen MR) is 68.7 cm³/mol. The summed E-state index contributed by atoms with van der Waals surface area (Å²) in [5, 5.41) is 2.74. The van der Waals surface area contributed by atoms with Crippen molar-refractivity contribution in [3.63, 3.8) is 0 Å². The third-order valence-electron chi connectivity index (χ3n) is 3.94. The van der Waals surface area contributed by atoms with E-state index in [1.54, 1.807) is 0 Å². The van der Waals surface area contributed by atoms with Crippen LogP contribution in [0.25, 0.3) is 0 Å². The molecular formula is C14H14N2O4. The van der Waals surface area contributed by atoms with Gasteiger partial charge in [-0.1, -0.05) is 24.3 Å². The van der Waals surface area contributed by atoms with Gasteiger partial charge in [-0.3, -0.25) is 14.5 Å². The maximum Gasteiger partial charge on any atom is 0.325 e. The number of esters is 1. The number of urea groups is 1. The molecule has 6 nitrogen and oxygen atoms in total. The number of methoxy groups -OCH3 is 1. The van der Waals surface area contributed by atoms with Gasteiger partial charge in [0.2, 0.25) is 0 Å². The molecule has 1 aliphatic heterocycles. The second kappa shape index (κ2) is 4.33. The molecule has 1 atom stereocenters. The minimum atomic E-state index is -1.01. The number of imide groups is 1. The second-order valence-corrected chi connectivity index (χ2v) is 4.96. The molecule has 6 heteroatoms. The van der Waals surface area contributed by atoms with Crippen molar-refractivity contribution in [3.8, 4) is 0 Å². The summed E-state index contributed by atoms with van der Waals surface area (Å²) in [5.41, 5.74) is 0.869. The van der Waals surface area contributed by atoms with E-state index in [9.17, 15) is 14.4 Å². The van der Waals surface area contributed by atoms with Crippen molar-refractivity contribution in [2.45, 2.75) is 18.4 Å². The lowest BCUT2D eigenvalue weighted by atomic mass is 9.92. The second-order valence-electron chi connectivity index (χ2n) is 4.96. The molecule has 3 amide bonds. The van der Waals surface area contributed by atoms with Crippen LogP contribution in [0.1, 0.15) is 17.5 Å². The van der Waals surface area contributed by atoms with Gasteiger partial charge in [0.15, 0.2) is 0 Å². The molecule has 104 valence electrons. The molecule has 1 aromatic carbocycles. The fraction of sp³-hybridized carbons (Fsp3) is 0.357. The lowest BCUT2D eigenvalue weighted by Gasteiger charge is -2.22. The van der Waals surface area contributed by atoms with Crippen LogP contribution in [-0.4, -0.2) is 36.5 Å². The van der Waals surface area contributed by atoms with Crippen LogP contribution in [0.15, 0.2) is 24.3 Å². The predicted octanol–water partition coefficient (Wildman–Crippen LogP) is 0.553. The van der Waals surface area contributed by atoms with E-state index in [4.69, 9.17) is 0 Å². The zero-order chi connectivity index (χ0) is 14.3. The number of carbonyl (C=O) groups is 3. The Hall–Kier alpha value is -2.37. The minimum absolute atomic E-state index is 0.356. The summed E-state index contributed by atoms with van der Waals surface area (Å²) in [6.45, 7) is -0.356. The summed E-state index contributed by atoms with van der Waals surface area (Å²) < 4.78 is 4.52. The molecule has 1 aromatic rings. The Morgan fingerprint density at radius 1 is 1.40 bits per heavy atom. The Balaban J connectivity index is 1.96. The van der Waals surface area contributed by atoms with Gasteiger partial charge in [0.1, 0.15) is 12.1 Å². The lowest BCUT2D eigenvalue weighted by molar-refractivity contribution is -0.145. The zero-order valence-electron chi connectivity index (χ0n) is 11.0. The molecule has 1 aliphatic carbocycles. The van der Waals surface area contributed by atoms with Crippen LogP contribution >= 0.6 is 0 Å². The number of hydrogen-bond acceptors (Lipinski definition) is 4. The molecule has 0 bridgehead atoms. The van der Waals surface area contributed by atoms with E-state index in [2.05, 4.69) is 10.1 Å². The number of fused-ring (bicyclic) bond motifs is 2. The fourth-order valence-corrected chi connectivity index (χ4v) is 2.93. The first-order chi connectivity index (χ1) is 9.58. The standard InChI is InChI=1S/C14H14N2O4/c1-20-11(17)8-16-12(18)14(15-13(16)19)7-6-9-4-2-3-5-10(9)14/h2-5H,6-8H2,1H3,(H,15,19)/t14-/m0/s1. The summed E-state index contributed by atoms with van der Waals surface area (Å²) in [6.07, 6.45) is 1.25. The average Bonchev–Trinajstić information content (AvgIpc) is 2.94. The molecule has 2 aliphatic rings. The maximum absolute atomic E-state index is 12.6. The van der Waals surface area contributed by atoms with Crippen molar-refractivity contribution in [1.82, 2.24) is 10.2 Å². The number of carbonyl (C=O) groups excluding carboxylic acids is 3. The summed E-state index contributed by atoms with van der Waals surface area (Å²) in [7, 11) is 1.22. The van der Waals surface area contributed by atoms with E-state index in [0.29, 0.717) is 6.42 Å². The van der Waals surface area contributed by atoms with Crippen LogP contribution in [0, 0.1) is 0 Å². The molecule has 0 aromatic heterocycles. The molecule has 20 heavy (non-hydrogen) atoms. The SMILES string of the molecule is COC(=O)CN1C(=O)N[C@]2(CCc3ccccc32)C1=O. The molecule has 1 spiro atoms. The number of rotatable bonds is 2. The Bertz CT molecular complexity index is 613. The largest absolute Gasteiger partial charge is 0.468 e. The van der Waals surface area contributed by atoms with Crippen molar-refractivity contribution < 1.29 is 19.1 Å². The van der Waals surface area contributed by atoms with Crippen LogP contribution in [-0.2, 0) is 26.3 Å². The highest BCUT2D eigenvalue weighted by molar-refractivity contribution is 6.09. The van der Waals surface area contributed by atoms with Crippen LogP contribution in [0.2, 0.25) is 0 Å². The topological polar surface area (TPSA) is 75.7 Å². The van der Waals surface area contributed by atoms with Gasteiger partial charge in [-0.05, 0) is 24.0 Å². The van der Waals surface area contributed by atoms with E-state index in [1.165, 1.54) is 7.11 Å². The van der Waals surface area contributed by atoms with Crippen molar-refractivity contribution in [2.75, 3.05) is 13.7 Å². The van der Waals surface area contributed by atoms with E-state index in [1.807, 2.05) is 24.3 Å². The normalized spacial score (nSPS) is 23.9. The van der Waals surface area contributed by atoms with Crippen LogP contribution in [0.5, 0.6) is 0 Å². The fourth-order valence-electron chi connectivity index (χ4n) is 2.93. The van der Waals surface area contributed by atoms with Gasteiger partial charge in [-0.15, -0.1) is 0 Å². The highest BCUT2D eigenvalue weighted by Gasteiger charge is 2.55. The summed E-state index contributed by atoms with van der Waals surface area (Å²) in [4.78, 5) is 36.8. The summed E-state index contributed by atoms with van der Waals surface area (Å²) in [5.74, 6) is -0.991. The number of benzene rings is 1. The molecule has 0 unspecified atom stereocenters. The highest BCUT2D eigenvalue weighted by Crippen LogP contribution is 2.41. The Labute approximate surface area is 115 Å². The Kier molecular flexibility index (Phi) is 2.74. The van der Waals surface area contributed by atoms with Gasteiger partial charge in [-0.25, -0.2) is 4.79 Å². The van der Waals surface area contributed by atoms with E-state index < -0.39 is 17.5 Å². The molecule has 1 N–H and O–H groups in total. The van der Waals surface area contributed by atoms with Gasteiger partial charge in [0.25, 0.3) is 5.91 Å². The summed E-state index contributed by atoms with van der Waals surface area (Å²) >= 11 is 0. The van der Waals surface area contributed by atoms with Crippen LogP contribution < -0.4 is 5.32 Å². The first kappa shape index (κ1) is 12.7. The molecule has 3 rings (SSSR count). The minimum Gasteiger partial charge on any atom is -0.468 e. The maximum atomic E-state index is 12.6. The molecular weight excluding hydrogens is 260 g/mol. The number of hydrogen-bond donors (Lipinski definition) is 1. The van der Waals surface area contributed by atoms with Gasteiger partial charge in [-0.2, -0.15) is 0 Å². The highest BCUT2D eigenvalue weighted by atomic mass is 16.5. The van der Waals surface area contributed by atoms with Crippen molar-refractivity contribution in [3.05, 3.63) is 35.4 Å². The van der Waals surface area contributed by atoms with Gasteiger partial charge in [0.05, 0.1) is 7.11 Å². The molecule has 1 fully saturated rings. The van der Waals surface area contributed by atoms with E-state index >= 15 is 0 Å². The molecule has 0 radical (unpaired) electrons. The Morgan fingerprint density at radius 3 is 2.90 bits per heavy atom. The lowest BCUT2D eigenvalue weighted by Crippen LogP contribution is -2.42. The monoisotopic (exact) mass is 274 g/mol. The van der Waals surface area contributed by atoms with Crippen LogP contribution in [0.4, 0.5) is 4.79 Å². The first-order valence-electron chi connectivity index (χ1n) is 6.38. The average molecular weight is 274 g/mol. The number of nitrogens with one attached hydrogen (secondary N) is 1. The van der Waals surface area contributed by atoms with Crippen molar-refractivity contribution in [1.29, 1.82) is 0 Å². The van der Waals surface area contributed by atoms with Gasteiger partial charge in [0, 0.05) is 0 Å². The molecule has 1 heterocycles. The number of ether oxygens (including phenoxy) is 1. The zero-order valence-corrected chi connectivity index (χ0v) is 11.0. The third-order valence-corrected chi connectivity index (χ3v) is 3.94. The van der Waals surface area contributed by atoms with Crippen LogP contribution in [0.3, 0.4) is 0 Å². The summed E-state index contributed by atoms with van der Waals surface area (Å²) in [6, 6.07) is 7.01. The van der Waals surface area contributed by atoms with Crippen molar-refractivity contribution in [2.24, 2.45) is 0 Å². The first-order valence-corrected chi connectivity index (χ1v) is 6.38. The number of nitrogens with zero attached hydrogens (tertiary/aromatic N) is 1. The van der Waals surface area contributed by atoms with Crippen molar-refractivity contribution >= 4 is 17.9 Å². The number of aryl methyl sites for hydroxylation is 1. The number of amides is 3. The van der Waals surface area contributed by atoms with E-state index in [0.717, 1.165) is 22.4 Å². The van der Waals surface area contributed by atoms with Gasteiger partial charge < -0.3 is 10.1 Å². The molecule has 0 saturated carbocycles. The smallest absolute Gasteiger partial charge is 0.325 e. The van der Waals surface area contributed by atoms with Gasteiger partial charge >= 0.3 is 12.0 Å². The van der Waals surface area contributed by atoms with E-state index in [-0.39, 0.29) is 12.5 Å².